The lowest BCUT2D eigenvalue weighted by molar-refractivity contribution is 0.217. The highest BCUT2D eigenvalue weighted by Crippen LogP contribution is 2.22. The summed E-state index contributed by atoms with van der Waals surface area (Å²) < 4.78 is 12.8. The highest BCUT2D eigenvalue weighted by atomic mass is 79.9. The minimum Gasteiger partial charge on any atom is -0.490 e. The van der Waals surface area contributed by atoms with Crippen molar-refractivity contribution in [2.75, 3.05) is 13.2 Å². The summed E-state index contributed by atoms with van der Waals surface area (Å²) in [6.45, 7) is 5.72. The highest BCUT2D eigenvalue weighted by molar-refractivity contribution is 9.10. The fourth-order valence-electron chi connectivity index (χ4n) is 3.15. The van der Waals surface area contributed by atoms with Crippen LogP contribution >= 0.6 is 28.1 Å². The lowest BCUT2D eigenvalue weighted by atomic mass is 10.1. The first kappa shape index (κ1) is 24.7. The molecule has 0 aromatic heterocycles. The van der Waals surface area contributed by atoms with Crippen LogP contribution in [0.5, 0.6) is 11.5 Å². The summed E-state index contributed by atoms with van der Waals surface area (Å²) in [5.74, 6) is 1.59. The smallest absolute Gasteiger partial charge is 0.187 e. The third kappa shape index (κ3) is 8.51. The molecule has 0 aliphatic rings. The minimum atomic E-state index is 0.419. The zero-order chi connectivity index (χ0) is 23.5. The van der Waals surface area contributed by atoms with Gasteiger partial charge in [-0.1, -0.05) is 59.3 Å². The number of nitrogens with zero attached hydrogens (tertiary/aromatic N) is 1. The van der Waals surface area contributed by atoms with Crippen molar-refractivity contribution in [3.63, 3.8) is 0 Å². The van der Waals surface area contributed by atoms with Gasteiger partial charge in [0, 0.05) is 16.6 Å². The van der Waals surface area contributed by atoms with Gasteiger partial charge in [-0.15, -0.1) is 0 Å². The average Bonchev–Trinajstić information content (AvgIpc) is 2.82. The molecule has 0 radical (unpaired) electrons. The molecule has 2 N–H and O–H groups in total. The van der Waals surface area contributed by atoms with Crippen molar-refractivity contribution in [1.29, 1.82) is 0 Å². The molecule has 3 aromatic rings. The van der Waals surface area contributed by atoms with E-state index in [2.05, 4.69) is 57.8 Å². The maximum atomic E-state index is 5.95. The number of ether oxygens (including phenoxy) is 2. The van der Waals surface area contributed by atoms with Gasteiger partial charge in [-0.2, -0.15) is 5.10 Å². The van der Waals surface area contributed by atoms with Crippen LogP contribution in [0.3, 0.4) is 0 Å². The third-order valence-electron chi connectivity index (χ3n) is 4.77. The number of nitrogens with one attached hydrogen (secondary N) is 2. The standard InChI is InChI=1S/C26H28BrN3O2S/c1-3-20-13-19(2)14-24(15-20)31-11-12-32-25-10-9-23(27)16-22(25)18-29-30-26(33)28-17-21-7-5-4-6-8-21/h4-10,13-16,18H,3,11-12,17H2,1-2H3,(H2,28,30,33). The van der Waals surface area contributed by atoms with Crippen LogP contribution in [0.25, 0.3) is 0 Å². The molecule has 3 aromatic carbocycles. The van der Waals surface area contributed by atoms with Crippen LogP contribution in [0.2, 0.25) is 0 Å². The minimum absolute atomic E-state index is 0.419. The van der Waals surface area contributed by atoms with Crippen LogP contribution in [-0.4, -0.2) is 24.5 Å². The molecule has 0 heterocycles. The van der Waals surface area contributed by atoms with Crippen molar-refractivity contribution in [1.82, 2.24) is 10.7 Å². The number of halogens is 1. The Kier molecular flexibility index (Phi) is 9.72. The molecule has 0 aliphatic carbocycles. The Hall–Kier alpha value is -2.90. The van der Waals surface area contributed by atoms with Crippen LogP contribution in [-0.2, 0) is 13.0 Å². The highest BCUT2D eigenvalue weighted by Gasteiger charge is 2.04. The van der Waals surface area contributed by atoms with Crippen molar-refractivity contribution in [3.05, 3.63) is 93.5 Å². The molecule has 0 atom stereocenters. The second-order valence-corrected chi connectivity index (χ2v) is 8.75. The Morgan fingerprint density at radius 2 is 1.79 bits per heavy atom. The van der Waals surface area contributed by atoms with E-state index in [0.717, 1.165) is 27.8 Å². The fraction of sp³-hybridized carbons (Fsp3) is 0.231. The Bertz CT molecular complexity index is 1090. The van der Waals surface area contributed by atoms with Gasteiger partial charge in [0.15, 0.2) is 5.11 Å². The van der Waals surface area contributed by atoms with E-state index < -0.39 is 0 Å². The van der Waals surface area contributed by atoms with Gasteiger partial charge in [-0.25, -0.2) is 0 Å². The molecule has 33 heavy (non-hydrogen) atoms. The number of hydrazone groups is 1. The molecule has 0 fully saturated rings. The van der Waals surface area contributed by atoms with E-state index in [0.29, 0.717) is 30.6 Å². The number of aryl methyl sites for hydroxylation is 2. The molecule has 3 rings (SSSR count). The summed E-state index contributed by atoms with van der Waals surface area (Å²) in [6.07, 6.45) is 2.67. The predicted octanol–water partition coefficient (Wildman–Crippen LogP) is 5.78. The van der Waals surface area contributed by atoms with Crippen molar-refractivity contribution in [2.45, 2.75) is 26.8 Å². The summed E-state index contributed by atoms with van der Waals surface area (Å²) in [5.41, 5.74) is 7.28. The second kappa shape index (κ2) is 13.0. The predicted molar refractivity (Wildman–Crippen MR) is 142 cm³/mol. The number of benzene rings is 3. The lowest BCUT2D eigenvalue weighted by Crippen LogP contribution is -2.31. The number of rotatable bonds is 10. The topological polar surface area (TPSA) is 54.9 Å². The molecule has 0 aliphatic heterocycles. The van der Waals surface area contributed by atoms with Crippen molar-refractivity contribution in [3.8, 4) is 11.5 Å². The molecule has 0 saturated carbocycles. The van der Waals surface area contributed by atoms with Gasteiger partial charge >= 0.3 is 0 Å². The molecular weight excluding hydrogens is 498 g/mol. The van der Waals surface area contributed by atoms with E-state index in [9.17, 15) is 0 Å². The van der Waals surface area contributed by atoms with Gasteiger partial charge in [-0.05, 0) is 72.6 Å². The molecule has 0 amide bonds. The van der Waals surface area contributed by atoms with Crippen LogP contribution in [0.1, 0.15) is 29.2 Å². The SMILES string of the molecule is CCc1cc(C)cc(OCCOc2ccc(Br)cc2C=NNC(=S)NCc2ccccc2)c1. The van der Waals surface area contributed by atoms with Crippen LogP contribution in [0.15, 0.2) is 76.3 Å². The zero-order valence-corrected chi connectivity index (χ0v) is 21.2. The Morgan fingerprint density at radius 3 is 2.58 bits per heavy atom. The Morgan fingerprint density at radius 1 is 1.00 bits per heavy atom. The number of hydrogen-bond acceptors (Lipinski definition) is 4. The molecule has 172 valence electrons. The molecule has 5 nitrogen and oxygen atoms in total. The Balaban J connectivity index is 1.50. The molecule has 0 saturated heterocycles. The zero-order valence-electron chi connectivity index (χ0n) is 18.8. The first-order chi connectivity index (χ1) is 16.0. The van der Waals surface area contributed by atoms with Gasteiger partial charge in [0.25, 0.3) is 0 Å². The summed E-state index contributed by atoms with van der Waals surface area (Å²) >= 11 is 8.79. The summed E-state index contributed by atoms with van der Waals surface area (Å²) in [7, 11) is 0. The van der Waals surface area contributed by atoms with Crippen molar-refractivity contribution in [2.24, 2.45) is 5.10 Å². The van der Waals surface area contributed by atoms with Gasteiger partial charge in [-0.3, -0.25) is 5.43 Å². The molecule has 0 bridgehead atoms. The van der Waals surface area contributed by atoms with Crippen molar-refractivity contribution < 1.29 is 9.47 Å². The quantitative estimate of drug-likeness (QED) is 0.152. The first-order valence-corrected chi connectivity index (χ1v) is 12.0. The normalized spacial score (nSPS) is 10.8. The van der Waals surface area contributed by atoms with E-state index >= 15 is 0 Å². The largest absolute Gasteiger partial charge is 0.490 e. The summed E-state index contributed by atoms with van der Waals surface area (Å²) in [4.78, 5) is 0. The van der Waals surface area contributed by atoms with E-state index in [-0.39, 0.29) is 0 Å². The van der Waals surface area contributed by atoms with Gasteiger partial charge in [0.2, 0.25) is 0 Å². The summed E-state index contributed by atoms with van der Waals surface area (Å²) in [5, 5.41) is 7.83. The lowest BCUT2D eigenvalue weighted by Gasteiger charge is -2.12. The van der Waals surface area contributed by atoms with Gasteiger partial charge in [0.05, 0.1) is 6.21 Å². The van der Waals surface area contributed by atoms with Crippen molar-refractivity contribution >= 4 is 39.5 Å². The van der Waals surface area contributed by atoms with E-state index in [1.807, 2.05) is 54.6 Å². The maximum Gasteiger partial charge on any atom is 0.187 e. The average molecular weight is 527 g/mol. The van der Waals surface area contributed by atoms with E-state index in [1.54, 1.807) is 6.21 Å². The van der Waals surface area contributed by atoms with E-state index in [1.165, 1.54) is 11.1 Å². The molecule has 0 spiro atoms. The Labute approximate surface area is 209 Å². The monoisotopic (exact) mass is 525 g/mol. The van der Waals surface area contributed by atoms with E-state index in [4.69, 9.17) is 21.7 Å². The third-order valence-corrected chi connectivity index (χ3v) is 5.49. The van der Waals surface area contributed by atoms with Gasteiger partial charge in [0.1, 0.15) is 24.7 Å². The van der Waals surface area contributed by atoms with Gasteiger partial charge < -0.3 is 14.8 Å². The van der Waals surface area contributed by atoms with Crippen LogP contribution in [0.4, 0.5) is 0 Å². The first-order valence-electron chi connectivity index (χ1n) is 10.8. The van der Waals surface area contributed by atoms with Crippen LogP contribution < -0.4 is 20.2 Å². The van der Waals surface area contributed by atoms with Crippen LogP contribution in [0, 0.1) is 6.92 Å². The molecule has 0 unspecified atom stereocenters. The number of thiocarbonyl (C=S) groups is 1. The fourth-order valence-corrected chi connectivity index (χ4v) is 3.66. The molecule has 7 heteroatoms. The molecular formula is C26H28BrN3O2S. The second-order valence-electron chi connectivity index (χ2n) is 7.43. The summed E-state index contributed by atoms with van der Waals surface area (Å²) in [6, 6.07) is 22.1. The maximum absolute atomic E-state index is 5.95. The number of hydrogen-bond donors (Lipinski definition) is 2.